The van der Waals surface area contributed by atoms with Crippen molar-refractivity contribution in [1.82, 2.24) is 0 Å². The van der Waals surface area contributed by atoms with Crippen molar-refractivity contribution in [2.24, 2.45) is 22.2 Å². The Hall–Kier alpha value is -0.850. The first-order valence-corrected chi connectivity index (χ1v) is 7.42. The summed E-state index contributed by atoms with van der Waals surface area (Å²) < 4.78 is 0. The van der Waals surface area contributed by atoms with Gasteiger partial charge in [-0.1, -0.05) is 51.0 Å². The molecular weight excluding hydrogens is 232 g/mol. The summed E-state index contributed by atoms with van der Waals surface area (Å²) in [4.78, 5) is 12.5. The SMILES string of the molecule is CC1=CCC(C2=CC(C)(C)C(=O)C(C)(C)C2)C1(C)C. The summed E-state index contributed by atoms with van der Waals surface area (Å²) in [6.07, 6.45) is 6.69. The Bertz CT molecular complexity index is 472. The van der Waals surface area contributed by atoms with Crippen LogP contribution in [0.4, 0.5) is 0 Å². The standard InChI is InChI=1S/C18H28O/c1-12-8-9-14(18(12,6)7)13-10-16(2,3)15(19)17(4,5)11-13/h8,10,14H,9,11H2,1-7H3. The van der Waals surface area contributed by atoms with Gasteiger partial charge in [-0.25, -0.2) is 0 Å². The summed E-state index contributed by atoms with van der Waals surface area (Å²) in [5.41, 5.74) is 2.68. The molecule has 19 heavy (non-hydrogen) atoms. The Morgan fingerprint density at radius 2 is 1.68 bits per heavy atom. The van der Waals surface area contributed by atoms with Gasteiger partial charge in [0.15, 0.2) is 0 Å². The zero-order valence-electron chi connectivity index (χ0n) is 13.6. The molecule has 1 nitrogen and oxygen atoms in total. The van der Waals surface area contributed by atoms with Crippen LogP contribution in [0.15, 0.2) is 23.3 Å². The van der Waals surface area contributed by atoms with E-state index in [9.17, 15) is 4.79 Å². The van der Waals surface area contributed by atoms with Crippen LogP contribution in [0.2, 0.25) is 0 Å². The molecule has 0 aromatic heterocycles. The predicted octanol–water partition coefficient (Wildman–Crippen LogP) is 4.93. The minimum Gasteiger partial charge on any atom is -0.298 e. The Morgan fingerprint density at radius 1 is 1.11 bits per heavy atom. The van der Waals surface area contributed by atoms with Gasteiger partial charge in [0.2, 0.25) is 0 Å². The summed E-state index contributed by atoms with van der Waals surface area (Å²) in [5.74, 6) is 0.948. The number of carbonyl (C=O) groups is 1. The molecule has 0 fully saturated rings. The van der Waals surface area contributed by atoms with Gasteiger partial charge in [-0.05, 0) is 44.9 Å². The van der Waals surface area contributed by atoms with Crippen molar-refractivity contribution in [2.45, 2.75) is 61.3 Å². The van der Waals surface area contributed by atoms with Gasteiger partial charge >= 0.3 is 0 Å². The molecule has 0 N–H and O–H groups in total. The van der Waals surface area contributed by atoms with Crippen molar-refractivity contribution in [3.8, 4) is 0 Å². The molecule has 0 radical (unpaired) electrons. The van der Waals surface area contributed by atoms with Crippen LogP contribution in [0, 0.1) is 22.2 Å². The Balaban J connectivity index is 2.40. The minimum absolute atomic E-state index is 0.222. The fraction of sp³-hybridized carbons (Fsp3) is 0.722. The van der Waals surface area contributed by atoms with Crippen molar-refractivity contribution in [3.63, 3.8) is 0 Å². The number of allylic oxidation sites excluding steroid dienone is 4. The van der Waals surface area contributed by atoms with Crippen LogP contribution in [0.3, 0.4) is 0 Å². The lowest BCUT2D eigenvalue weighted by Gasteiger charge is -2.42. The molecule has 0 bridgehead atoms. The van der Waals surface area contributed by atoms with Crippen LogP contribution in [-0.4, -0.2) is 5.78 Å². The maximum absolute atomic E-state index is 12.5. The van der Waals surface area contributed by atoms with E-state index in [0.717, 1.165) is 12.8 Å². The summed E-state index contributed by atoms with van der Waals surface area (Å²) in [5, 5.41) is 0. The van der Waals surface area contributed by atoms with Crippen LogP contribution < -0.4 is 0 Å². The van der Waals surface area contributed by atoms with Crippen molar-refractivity contribution < 1.29 is 4.79 Å². The topological polar surface area (TPSA) is 17.1 Å². The van der Waals surface area contributed by atoms with E-state index < -0.39 is 0 Å². The Morgan fingerprint density at radius 3 is 2.11 bits per heavy atom. The second-order valence-corrected chi connectivity index (χ2v) is 8.23. The van der Waals surface area contributed by atoms with Gasteiger partial charge in [-0.2, -0.15) is 0 Å². The zero-order chi connectivity index (χ0) is 14.6. The lowest BCUT2D eigenvalue weighted by molar-refractivity contribution is -0.134. The van der Waals surface area contributed by atoms with E-state index in [4.69, 9.17) is 0 Å². The first kappa shape index (κ1) is 14.6. The third kappa shape index (κ3) is 2.22. The third-order valence-corrected chi connectivity index (χ3v) is 5.39. The minimum atomic E-state index is -0.316. The highest BCUT2D eigenvalue weighted by Gasteiger charge is 2.46. The molecular formula is C18H28O. The molecule has 2 aliphatic carbocycles. The Kier molecular flexibility index (Phi) is 3.12. The second-order valence-electron chi connectivity index (χ2n) is 8.23. The van der Waals surface area contributed by atoms with E-state index in [1.807, 2.05) is 0 Å². The van der Waals surface area contributed by atoms with E-state index in [0.29, 0.717) is 11.7 Å². The number of hydrogen-bond acceptors (Lipinski definition) is 1. The fourth-order valence-electron chi connectivity index (χ4n) is 4.01. The fourth-order valence-corrected chi connectivity index (χ4v) is 4.01. The Labute approximate surface area is 118 Å². The molecule has 0 aromatic carbocycles. The first-order valence-electron chi connectivity index (χ1n) is 7.42. The number of Topliss-reactive ketones (excluding diaryl/α,β-unsaturated/α-hetero) is 1. The molecule has 1 unspecified atom stereocenters. The van der Waals surface area contributed by atoms with E-state index >= 15 is 0 Å². The quantitative estimate of drug-likeness (QED) is 0.611. The third-order valence-electron chi connectivity index (χ3n) is 5.39. The molecule has 106 valence electrons. The average molecular weight is 260 g/mol. The molecule has 0 aliphatic heterocycles. The van der Waals surface area contributed by atoms with Crippen LogP contribution in [0.1, 0.15) is 61.3 Å². The number of ketones is 1. The average Bonchev–Trinajstić information content (AvgIpc) is 2.50. The lowest BCUT2D eigenvalue weighted by atomic mass is 9.61. The van der Waals surface area contributed by atoms with E-state index in [1.54, 1.807) is 0 Å². The lowest BCUT2D eigenvalue weighted by Crippen LogP contribution is -2.41. The van der Waals surface area contributed by atoms with Crippen LogP contribution >= 0.6 is 0 Å². The van der Waals surface area contributed by atoms with Crippen LogP contribution in [0.25, 0.3) is 0 Å². The van der Waals surface area contributed by atoms with Crippen molar-refractivity contribution >= 4 is 5.78 Å². The number of hydrogen-bond donors (Lipinski definition) is 0. The molecule has 1 heteroatoms. The normalized spacial score (nSPS) is 31.9. The van der Waals surface area contributed by atoms with E-state index in [-0.39, 0.29) is 16.2 Å². The van der Waals surface area contributed by atoms with Crippen molar-refractivity contribution in [2.75, 3.05) is 0 Å². The van der Waals surface area contributed by atoms with Gasteiger partial charge in [-0.3, -0.25) is 4.79 Å². The van der Waals surface area contributed by atoms with Crippen LogP contribution in [-0.2, 0) is 4.79 Å². The number of rotatable bonds is 1. The summed E-state index contributed by atoms with van der Waals surface area (Å²) in [6.45, 7) is 15.3. The summed E-state index contributed by atoms with van der Waals surface area (Å²) in [6, 6.07) is 0. The molecule has 0 saturated heterocycles. The molecule has 0 amide bonds. The summed E-state index contributed by atoms with van der Waals surface area (Å²) >= 11 is 0. The van der Waals surface area contributed by atoms with Crippen LogP contribution in [0.5, 0.6) is 0 Å². The van der Waals surface area contributed by atoms with Crippen molar-refractivity contribution in [1.29, 1.82) is 0 Å². The molecule has 0 spiro atoms. The molecule has 1 atom stereocenters. The largest absolute Gasteiger partial charge is 0.298 e. The van der Waals surface area contributed by atoms with E-state index in [2.05, 4.69) is 60.6 Å². The van der Waals surface area contributed by atoms with Gasteiger partial charge < -0.3 is 0 Å². The molecule has 0 aromatic rings. The maximum atomic E-state index is 12.5. The van der Waals surface area contributed by atoms with E-state index in [1.165, 1.54) is 11.1 Å². The van der Waals surface area contributed by atoms with Gasteiger partial charge in [0.05, 0.1) is 0 Å². The van der Waals surface area contributed by atoms with Gasteiger partial charge in [-0.15, -0.1) is 0 Å². The second kappa shape index (κ2) is 4.07. The van der Waals surface area contributed by atoms with Gasteiger partial charge in [0.25, 0.3) is 0 Å². The molecule has 2 aliphatic rings. The molecule has 2 rings (SSSR count). The maximum Gasteiger partial charge on any atom is 0.148 e. The number of carbonyl (C=O) groups excluding carboxylic acids is 1. The highest BCUT2D eigenvalue weighted by Crippen LogP contribution is 2.52. The summed E-state index contributed by atoms with van der Waals surface area (Å²) in [7, 11) is 0. The highest BCUT2D eigenvalue weighted by molar-refractivity contribution is 5.92. The molecule has 0 heterocycles. The smallest absolute Gasteiger partial charge is 0.148 e. The monoisotopic (exact) mass is 260 g/mol. The highest BCUT2D eigenvalue weighted by atomic mass is 16.1. The van der Waals surface area contributed by atoms with Gasteiger partial charge in [0.1, 0.15) is 5.78 Å². The van der Waals surface area contributed by atoms with Gasteiger partial charge in [0, 0.05) is 10.8 Å². The molecule has 0 saturated carbocycles. The van der Waals surface area contributed by atoms with Crippen molar-refractivity contribution in [3.05, 3.63) is 23.3 Å². The zero-order valence-corrected chi connectivity index (χ0v) is 13.6. The first-order chi connectivity index (χ1) is 8.48. The predicted molar refractivity (Wildman–Crippen MR) is 80.9 cm³/mol.